The van der Waals surface area contributed by atoms with Gasteiger partial charge in [0.05, 0.1) is 0 Å². The Balaban J connectivity index is 2.24. The smallest absolute Gasteiger partial charge is 0.127 e. The van der Waals surface area contributed by atoms with Crippen LogP contribution in [-0.2, 0) is 6.42 Å². The van der Waals surface area contributed by atoms with E-state index in [1.54, 1.807) is 12.1 Å². The van der Waals surface area contributed by atoms with E-state index in [1.165, 1.54) is 18.9 Å². The Bertz CT molecular complexity index is 401. The lowest BCUT2D eigenvalue weighted by atomic mass is 9.67. The van der Waals surface area contributed by atoms with E-state index in [1.807, 2.05) is 0 Å². The molecule has 0 bridgehead atoms. The second-order valence-corrected chi connectivity index (χ2v) is 6.19. The molecule has 1 aliphatic carbocycles. The minimum atomic E-state index is -0.200. The lowest BCUT2D eigenvalue weighted by Crippen LogP contribution is -2.37. The molecule has 1 aromatic carbocycles. The topological polar surface area (TPSA) is 26.0 Å². The summed E-state index contributed by atoms with van der Waals surface area (Å²) in [5.74, 6) is 0.474. The van der Waals surface area contributed by atoms with Crippen molar-refractivity contribution in [3.05, 3.63) is 34.6 Å². The lowest BCUT2D eigenvalue weighted by molar-refractivity contribution is 0.152. The average molecular weight is 270 g/mol. The summed E-state index contributed by atoms with van der Waals surface area (Å²) in [6, 6.07) is 4.90. The van der Waals surface area contributed by atoms with Crippen molar-refractivity contribution < 1.29 is 4.39 Å². The number of benzene rings is 1. The fourth-order valence-corrected chi connectivity index (χ4v) is 3.49. The summed E-state index contributed by atoms with van der Waals surface area (Å²) in [6.45, 7) is 2.87. The van der Waals surface area contributed by atoms with Gasteiger partial charge < -0.3 is 5.73 Å². The molecule has 0 radical (unpaired) electrons. The highest BCUT2D eigenvalue weighted by Gasteiger charge is 2.35. The van der Waals surface area contributed by atoms with Crippen LogP contribution in [0.1, 0.15) is 38.2 Å². The van der Waals surface area contributed by atoms with Gasteiger partial charge in [-0.1, -0.05) is 37.4 Å². The van der Waals surface area contributed by atoms with Crippen LogP contribution in [0.15, 0.2) is 18.2 Å². The SMILES string of the molecule is CC1CCCC(CN)(Cc2c(F)cccc2Cl)C1. The van der Waals surface area contributed by atoms with Gasteiger partial charge in [-0.25, -0.2) is 4.39 Å². The molecule has 2 unspecified atom stereocenters. The monoisotopic (exact) mass is 269 g/mol. The predicted molar refractivity (Wildman–Crippen MR) is 74.2 cm³/mol. The van der Waals surface area contributed by atoms with Gasteiger partial charge in [0.25, 0.3) is 0 Å². The minimum Gasteiger partial charge on any atom is -0.330 e. The third-order valence-corrected chi connectivity index (χ3v) is 4.59. The van der Waals surface area contributed by atoms with Gasteiger partial charge in [-0.15, -0.1) is 0 Å². The number of hydrogen-bond donors (Lipinski definition) is 1. The molecule has 2 N–H and O–H groups in total. The summed E-state index contributed by atoms with van der Waals surface area (Å²) >= 11 is 6.12. The maximum absolute atomic E-state index is 13.9. The van der Waals surface area contributed by atoms with Crippen molar-refractivity contribution in [3.8, 4) is 0 Å². The average Bonchev–Trinajstić information content (AvgIpc) is 2.34. The Labute approximate surface area is 114 Å². The van der Waals surface area contributed by atoms with Gasteiger partial charge in [-0.05, 0) is 49.3 Å². The van der Waals surface area contributed by atoms with Crippen molar-refractivity contribution in [2.24, 2.45) is 17.1 Å². The Morgan fingerprint density at radius 3 is 2.89 bits per heavy atom. The van der Waals surface area contributed by atoms with Crippen LogP contribution in [0.5, 0.6) is 0 Å². The Morgan fingerprint density at radius 2 is 2.28 bits per heavy atom. The quantitative estimate of drug-likeness (QED) is 0.875. The molecule has 1 saturated carbocycles. The second-order valence-electron chi connectivity index (χ2n) is 5.78. The zero-order valence-corrected chi connectivity index (χ0v) is 11.6. The molecule has 0 heterocycles. The summed E-state index contributed by atoms with van der Waals surface area (Å²) in [5, 5.41) is 0.529. The molecule has 2 atom stereocenters. The fourth-order valence-electron chi connectivity index (χ4n) is 3.26. The first-order valence-corrected chi connectivity index (χ1v) is 7.07. The Kier molecular flexibility index (Phi) is 4.29. The number of nitrogens with two attached hydrogens (primary N) is 1. The largest absolute Gasteiger partial charge is 0.330 e. The number of halogens is 2. The molecule has 18 heavy (non-hydrogen) atoms. The summed E-state index contributed by atoms with van der Waals surface area (Å²) < 4.78 is 13.9. The van der Waals surface area contributed by atoms with Crippen LogP contribution in [0.25, 0.3) is 0 Å². The van der Waals surface area contributed by atoms with Crippen molar-refractivity contribution in [2.75, 3.05) is 6.54 Å². The number of rotatable bonds is 3. The molecular weight excluding hydrogens is 249 g/mol. The summed E-state index contributed by atoms with van der Waals surface area (Å²) in [4.78, 5) is 0. The molecule has 0 saturated heterocycles. The van der Waals surface area contributed by atoms with Gasteiger partial charge in [0.2, 0.25) is 0 Å². The van der Waals surface area contributed by atoms with Gasteiger partial charge in [-0.2, -0.15) is 0 Å². The van der Waals surface area contributed by atoms with Crippen molar-refractivity contribution in [1.82, 2.24) is 0 Å². The van der Waals surface area contributed by atoms with Crippen LogP contribution in [0.2, 0.25) is 5.02 Å². The molecule has 0 spiro atoms. The maximum atomic E-state index is 13.9. The predicted octanol–water partition coefficient (Wildman–Crippen LogP) is 4.18. The van der Waals surface area contributed by atoms with E-state index < -0.39 is 0 Å². The molecule has 1 nitrogen and oxygen atoms in total. The number of hydrogen-bond acceptors (Lipinski definition) is 1. The van der Waals surface area contributed by atoms with Crippen LogP contribution in [0.3, 0.4) is 0 Å². The van der Waals surface area contributed by atoms with Crippen LogP contribution < -0.4 is 5.73 Å². The first kappa shape index (κ1) is 13.8. The van der Waals surface area contributed by atoms with Gasteiger partial charge in [0.15, 0.2) is 0 Å². The van der Waals surface area contributed by atoms with Crippen molar-refractivity contribution >= 4 is 11.6 Å². The van der Waals surface area contributed by atoms with Crippen LogP contribution in [0.4, 0.5) is 4.39 Å². The highest BCUT2D eigenvalue weighted by atomic mass is 35.5. The molecule has 1 aromatic rings. The van der Waals surface area contributed by atoms with Gasteiger partial charge in [-0.3, -0.25) is 0 Å². The van der Waals surface area contributed by atoms with E-state index >= 15 is 0 Å². The third kappa shape index (κ3) is 2.86. The summed E-state index contributed by atoms with van der Waals surface area (Å²) in [5.41, 5.74) is 6.65. The van der Waals surface area contributed by atoms with E-state index in [9.17, 15) is 4.39 Å². The standard InChI is InChI=1S/C15H21ClFN/c1-11-4-3-7-15(8-11,10-18)9-12-13(16)5-2-6-14(12)17/h2,5-6,11H,3-4,7-10,18H2,1H3. The molecule has 1 aliphatic rings. The van der Waals surface area contributed by atoms with Gasteiger partial charge >= 0.3 is 0 Å². The zero-order chi connectivity index (χ0) is 13.2. The van der Waals surface area contributed by atoms with Crippen molar-refractivity contribution in [3.63, 3.8) is 0 Å². The summed E-state index contributed by atoms with van der Waals surface area (Å²) in [6.07, 6.45) is 5.27. The van der Waals surface area contributed by atoms with Crippen LogP contribution >= 0.6 is 11.6 Å². The highest BCUT2D eigenvalue weighted by Crippen LogP contribution is 2.42. The molecule has 100 valence electrons. The first-order valence-electron chi connectivity index (χ1n) is 6.69. The minimum absolute atomic E-state index is 0.0312. The zero-order valence-electron chi connectivity index (χ0n) is 10.9. The van der Waals surface area contributed by atoms with E-state index in [0.717, 1.165) is 12.8 Å². The van der Waals surface area contributed by atoms with Crippen LogP contribution in [-0.4, -0.2) is 6.54 Å². The van der Waals surface area contributed by atoms with E-state index in [0.29, 0.717) is 29.5 Å². The van der Waals surface area contributed by atoms with E-state index in [4.69, 9.17) is 17.3 Å². The normalized spacial score (nSPS) is 28.3. The van der Waals surface area contributed by atoms with Gasteiger partial charge in [0.1, 0.15) is 5.82 Å². The second kappa shape index (κ2) is 5.58. The highest BCUT2D eigenvalue weighted by molar-refractivity contribution is 6.31. The lowest BCUT2D eigenvalue weighted by Gasteiger charge is -2.39. The van der Waals surface area contributed by atoms with E-state index in [-0.39, 0.29) is 11.2 Å². The van der Waals surface area contributed by atoms with Crippen molar-refractivity contribution in [2.45, 2.75) is 39.0 Å². The molecule has 3 heteroatoms. The maximum Gasteiger partial charge on any atom is 0.127 e. The summed E-state index contributed by atoms with van der Waals surface area (Å²) in [7, 11) is 0. The molecule has 0 amide bonds. The molecule has 2 rings (SSSR count). The molecule has 1 fully saturated rings. The van der Waals surface area contributed by atoms with Crippen molar-refractivity contribution in [1.29, 1.82) is 0 Å². The molecule has 0 aromatic heterocycles. The Morgan fingerprint density at radius 1 is 1.50 bits per heavy atom. The van der Waals surface area contributed by atoms with Crippen LogP contribution in [0, 0.1) is 17.2 Å². The van der Waals surface area contributed by atoms with Gasteiger partial charge in [0, 0.05) is 10.6 Å². The molecular formula is C15H21ClFN. The molecule has 0 aliphatic heterocycles. The Hall–Kier alpha value is -0.600. The van der Waals surface area contributed by atoms with E-state index in [2.05, 4.69) is 6.92 Å². The third-order valence-electron chi connectivity index (χ3n) is 4.23. The first-order chi connectivity index (χ1) is 8.56. The fraction of sp³-hybridized carbons (Fsp3) is 0.600.